The minimum atomic E-state index is -0.949. The van der Waals surface area contributed by atoms with Crippen LogP contribution in [0.3, 0.4) is 0 Å². The molecule has 1 aliphatic carbocycles. The van der Waals surface area contributed by atoms with Gasteiger partial charge >= 0.3 is 6.09 Å². The van der Waals surface area contributed by atoms with Crippen LogP contribution < -0.4 is 10.6 Å². The van der Waals surface area contributed by atoms with E-state index in [2.05, 4.69) is 10.6 Å². The Morgan fingerprint density at radius 2 is 1.68 bits per heavy atom. The van der Waals surface area contributed by atoms with Gasteiger partial charge in [-0.3, -0.25) is 0 Å². The minimum Gasteiger partial charge on any atom is -0.465 e. The van der Waals surface area contributed by atoms with Crippen molar-refractivity contribution in [1.82, 2.24) is 10.6 Å². The van der Waals surface area contributed by atoms with Gasteiger partial charge in [-0.05, 0) is 45.1 Å². The molecule has 0 bridgehead atoms. The topological polar surface area (TPSA) is 81.6 Å². The lowest BCUT2D eigenvalue weighted by molar-refractivity contribution is 0.0296. The first-order valence-corrected chi connectivity index (χ1v) is 7.89. The number of rotatable bonds is 5. The molecule has 22 heavy (non-hydrogen) atoms. The summed E-state index contributed by atoms with van der Waals surface area (Å²) in [6, 6.07) is 10.2. The number of aliphatic hydroxyl groups is 1. The van der Waals surface area contributed by atoms with Crippen molar-refractivity contribution in [2.45, 2.75) is 63.3 Å². The largest absolute Gasteiger partial charge is 0.465 e. The lowest BCUT2D eigenvalue weighted by Gasteiger charge is -2.37. The molecule has 1 atom stereocenters. The maximum absolute atomic E-state index is 10.7. The summed E-state index contributed by atoms with van der Waals surface area (Å²) in [5.74, 6) is 0. The van der Waals surface area contributed by atoms with Crippen LogP contribution in [0, 0.1) is 0 Å². The molecule has 1 amide bonds. The summed E-state index contributed by atoms with van der Waals surface area (Å²) < 4.78 is 0. The molecule has 1 saturated carbocycles. The smallest absolute Gasteiger partial charge is 0.404 e. The normalized spacial score (nSPS) is 23.8. The van der Waals surface area contributed by atoms with Gasteiger partial charge in [0, 0.05) is 12.1 Å². The number of hydrogen-bond donors (Lipinski definition) is 4. The quantitative estimate of drug-likeness (QED) is 0.674. The van der Waals surface area contributed by atoms with E-state index in [1.54, 1.807) is 0 Å². The third kappa shape index (κ3) is 4.71. The number of nitrogens with one attached hydrogen (secondary N) is 2. The van der Waals surface area contributed by atoms with Gasteiger partial charge in [-0.1, -0.05) is 30.3 Å². The van der Waals surface area contributed by atoms with E-state index in [1.807, 2.05) is 44.2 Å². The summed E-state index contributed by atoms with van der Waals surface area (Å²) >= 11 is 0. The van der Waals surface area contributed by atoms with Crippen LogP contribution in [0.25, 0.3) is 0 Å². The Morgan fingerprint density at radius 3 is 2.18 bits per heavy atom. The zero-order valence-electron chi connectivity index (χ0n) is 13.2. The maximum atomic E-state index is 10.7. The zero-order chi connectivity index (χ0) is 16.2. The van der Waals surface area contributed by atoms with Gasteiger partial charge in [0.25, 0.3) is 0 Å². The predicted molar refractivity (Wildman–Crippen MR) is 85.8 cm³/mol. The van der Waals surface area contributed by atoms with Crippen molar-refractivity contribution in [2.75, 3.05) is 0 Å². The van der Waals surface area contributed by atoms with Crippen LogP contribution in [0.5, 0.6) is 0 Å². The second-order valence-electron chi connectivity index (χ2n) is 6.66. The highest BCUT2D eigenvalue weighted by Crippen LogP contribution is 2.29. The summed E-state index contributed by atoms with van der Waals surface area (Å²) in [5, 5.41) is 25.4. The van der Waals surface area contributed by atoms with E-state index in [0.717, 1.165) is 31.2 Å². The van der Waals surface area contributed by atoms with Crippen LogP contribution in [-0.2, 0) is 0 Å². The summed E-state index contributed by atoms with van der Waals surface area (Å²) in [7, 11) is 0. The molecule has 0 aromatic heterocycles. The van der Waals surface area contributed by atoms with E-state index in [-0.39, 0.29) is 12.1 Å². The number of hydrogen-bond acceptors (Lipinski definition) is 3. The molecule has 0 spiro atoms. The molecule has 0 saturated heterocycles. The standard InChI is InChI=1S/C17H26N2O3/c1-17(2,22)15(12-6-4-3-5-7-12)18-13-8-10-14(11-9-13)19-16(20)21/h3-7,13-15,18-19,22H,8-11H2,1-2H3,(H,20,21)/t13?,14?,15-/m0/s1. The molecule has 5 nitrogen and oxygen atoms in total. The van der Waals surface area contributed by atoms with Crippen molar-refractivity contribution in [3.05, 3.63) is 35.9 Å². The van der Waals surface area contributed by atoms with E-state index in [4.69, 9.17) is 5.11 Å². The molecule has 122 valence electrons. The molecule has 0 aliphatic heterocycles. The first kappa shape index (κ1) is 16.8. The molecule has 1 aromatic rings. The molecule has 0 heterocycles. The van der Waals surface area contributed by atoms with Gasteiger partial charge < -0.3 is 20.8 Å². The fourth-order valence-electron chi connectivity index (χ4n) is 3.17. The molecule has 0 radical (unpaired) electrons. The predicted octanol–water partition coefficient (Wildman–Crippen LogP) is 2.67. The van der Waals surface area contributed by atoms with Crippen LogP contribution in [-0.4, -0.2) is 34.0 Å². The number of carboxylic acid groups (broad SMARTS) is 1. The highest BCUT2D eigenvalue weighted by molar-refractivity contribution is 5.64. The zero-order valence-corrected chi connectivity index (χ0v) is 13.2. The Labute approximate surface area is 131 Å². The van der Waals surface area contributed by atoms with Crippen molar-refractivity contribution < 1.29 is 15.0 Å². The van der Waals surface area contributed by atoms with Crippen LogP contribution in [0.15, 0.2) is 30.3 Å². The number of amides is 1. The van der Waals surface area contributed by atoms with E-state index in [0.29, 0.717) is 6.04 Å². The highest BCUT2D eigenvalue weighted by Gasteiger charge is 2.32. The number of benzene rings is 1. The fourth-order valence-corrected chi connectivity index (χ4v) is 3.17. The molecular weight excluding hydrogens is 280 g/mol. The summed E-state index contributed by atoms with van der Waals surface area (Å²) in [6.07, 6.45) is 2.53. The molecule has 1 aromatic carbocycles. The van der Waals surface area contributed by atoms with Crippen LogP contribution in [0.4, 0.5) is 4.79 Å². The lowest BCUT2D eigenvalue weighted by Crippen LogP contribution is -2.47. The van der Waals surface area contributed by atoms with E-state index >= 15 is 0 Å². The number of carbonyl (C=O) groups is 1. The first-order chi connectivity index (χ1) is 10.4. The molecule has 0 unspecified atom stereocenters. The van der Waals surface area contributed by atoms with E-state index < -0.39 is 11.7 Å². The average molecular weight is 306 g/mol. The summed E-state index contributed by atoms with van der Waals surface area (Å²) in [5.41, 5.74) is 0.207. The molecule has 4 N–H and O–H groups in total. The van der Waals surface area contributed by atoms with Crippen molar-refractivity contribution >= 4 is 6.09 Å². The van der Waals surface area contributed by atoms with Crippen molar-refractivity contribution in [3.8, 4) is 0 Å². The van der Waals surface area contributed by atoms with E-state index in [9.17, 15) is 9.90 Å². The molecule has 1 fully saturated rings. The van der Waals surface area contributed by atoms with Crippen LogP contribution in [0.2, 0.25) is 0 Å². The second kappa shape index (κ2) is 7.11. The molecule has 2 rings (SSSR count). The molecular formula is C17H26N2O3. The minimum absolute atomic E-state index is 0.0489. The Balaban J connectivity index is 1.97. The summed E-state index contributed by atoms with van der Waals surface area (Å²) in [4.78, 5) is 10.7. The Morgan fingerprint density at radius 1 is 1.14 bits per heavy atom. The van der Waals surface area contributed by atoms with Gasteiger partial charge in [-0.25, -0.2) is 4.79 Å². The fraction of sp³-hybridized carbons (Fsp3) is 0.588. The Hall–Kier alpha value is -1.59. The van der Waals surface area contributed by atoms with Crippen molar-refractivity contribution in [2.24, 2.45) is 0 Å². The van der Waals surface area contributed by atoms with Crippen LogP contribution in [0.1, 0.15) is 51.1 Å². The van der Waals surface area contributed by atoms with E-state index in [1.165, 1.54) is 0 Å². The molecule has 5 heteroatoms. The van der Waals surface area contributed by atoms with Crippen molar-refractivity contribution in [1.29, 1.82) is 0 Å². The highest BCUT2D eigenvalue weighted by atomic mass is 16.4. The molecule has 1 aliphatic rings. The third-order valence-corrected chi connectivity index (χ3v) is 4.30. The van der Waals surface area contributed by atoms with Gasteiger partial charge in [-0.2, -0.15) is 0 Å². The van der Waals surface area contributed by atoms with Gasteiger partial charge in [-0.15, -0.1) is 0 Å². The van der Waals surface area contributed by atoms with Gasteiger partial charge in [0.2, 0.25) is 0 Å². The van der Waals surface area contributed by atoms with Crippen LogP contribution >= 0.6 is 0 Å². The Bertz CT molecular complexity index is 476. The third-order valence-electron chi connectivity index (χ3n) is 4.30. The van der Waals surface area contributed by atoms with Crippen molar-refractivity contribution in [3.63, 3.8) is 0 Å². The second-order valence-corrected chi connectivity index (χ2v) is 6.66. The van der Waals surface area contributed by atoms with Gasteiger partial charge in [0.1, 0.15) is 0 Å². The first-order valence-electron chi connectivity index (χ1n) is 7.89. The lowest BCUT2D eigenvalue weighted by atomic mass is 9.87. The SMILES string of the molecule is CC(C)(O)[C@@H](NC1CCC(NC(=O)O)CC1)c1ccccc1. The van der Waals surface area contributed by atoms with Gasteiger partial charge in [0.05, 0.1) is 11.6 Å². The monoisotopic (exact) mass is 306 g/mol. The summed E-state index contributed by atoms with van der Waals surface area (Å²) in [6.45, 7) is 3.63. The van der Waals surface area contributed by atoms with Gasteiger partial charge in [0.15, 0.2) is 0 Å². The Kier molecular flexibility index (Phi) is 5.42. The average Bonchev–Trinajstić information content (AvgIpc) is 2.45. The maximum Gasteiger partial charge on any atom is 0.404 e.